The van der Waals surface area contributed by atoms with E-state index in [1.807, 2.05) is 0 Å². The molecule has 0 aliphatic carbocycles. The molecule has 3 nitrogen and oxygen atoms in total. The minimum atomic E-state index is -3.42. The molecule has 1 aromatic carbocycles. The van der Waals surface area contributed by atoms with Crippen molar-refractivity contribution in [3.63, 3.8) is 0 Å². The first kappa shape index (κ1) is 11.2. The summed E-state index contributed by atoms with van der Waals surface area (Å²) in [4.78, 5) is 0.198. The van der Waals surface area contributed by atoms with Crippen LogP contribution in [-0.2, 0) is 10.0 Å². The van der Waals surface area contributed by atoms with E-state index in [4.69, 9.17) is 11.6 Å². The van der Waals surface area contributed by atoms with Crippen molar-refractivity contribution in [1.29, 1.82) is 0 Å². The fourth-order valence-corrected chi connectivity index (χ4v) is 1.99. The summed E-state index contributed by atoms with van der Waals surface area (Å²) in [5.41, 5.74) is 0. The smallest absolute Gasteiger partial charge is 0.207 e. The molecule has 1 aromatic rings. The maximum absolute atomic E-state index is 11.5. The van der Waals surface area contributed by atoms with Crippen LogP contribution in [0.5, 0.6) is 0 Å². The molecule has 0 aromatic heterocycles. The Balaban J connectivity index is 2.93. The van der Waals surface area contributed by atoms with Crippen LogP contribution in [0.15, 0.2) is 41.8 Å². The third-order valence-electron chi connectivity index (χ3n) is 1.54. The number of hydrogen-bond acceptors (Lipinski definition) is 2. The van der Waals surface area contributed by atoms with Crippen LogP contribution in [0.2, 0.25) is 5.02 Å². The van der Waals surface area contributed by atoms with Gasteiger partial charge in [-0.25, -0.2) is 13.1 Å². The maximum atomic E-state index is 11.5. The second-order valence-electron chi connectivity index (χ2n) is 2.59. The van der Waals surface area contributed by atoms with Gasteiger partial charge < -0.3 is 0 Å². The fourth-order valence-electron chi connectivity index (χ4n) is 0.866. The van der Waals surface area contributed by atoms with E-state index in [1.165, 1.54) is 30.3 Å². The van der Waals surface area contributed by atoms with Crippen LogP contribution in [0.1, 0.15) is 0 Å². The van der Waals surface area contributed by atoms with Crippen molar-refractivity contribution in [1.82, 2.24) is 4.72 Å². The zero-order valence-electron chi connectivity index (χ0n) is 7.40. The molecule has 0 heterocycles. The Morgan fingerprint density at radius 3 is 2.43 bits per heavy atom. The average Bonchev–Trinajstić information content (AvgIpc) is 2.16. The Labute approximate surface area is 88.5 Å². The van der Waals surface area contributed by atoms with Crippen LogP contribution in [0.4, 0.5) is 0 Å². The lowest BCUT2D eigenvalue weighted by Gasteiger charge is -2.03. The highest BCUT2D eigenvalue weighted by atomic mass is 35.5. The topological polar surface area (TPSA) is 46.2 Å². The van der Waals surface area contributed by atoms with Gasteiger partial charge in [-0.15, -0.1) is 6.58 Å². The molecule has 0 fully saturated rings. The van der Waals surface area contributed by atoms with E-state index in [9.17, 15) is 8.42 Å². The van der Waals surface area contributed by atoms with E-state index in [0.29, 0.717) is 5.02 Å². The molecule has 0 aliphatic heterocycles. The Morgan fingerprint density at radius 2 is 1.93 bits per heavy atom. The number of halogens is 1. The summed E-state index contributed by atoms with van der Waals surface area (Å²) in [6.45, 7) is 3.64. The SMILES string of the molecule is C=CCNS(=O)(=O)c1ccc(Cl)cc1. The van der Waals surface area contributed by atoms with Gasteiger partial charge in [0.05, 0.1) is 4.90 Å². The lowest BCUT2D eigenvalue weighted by Crippen LogP contribution is -2.23. The van der Waals surface area contributed by atoms with Crippen LogP contribution in [0, 0.1) is 0 Å². The fraction of sp³-hybridized carbons (Fsp3) is 0.111. The van der Waals surface area contributed by atoms with Gasteiger partial charge in [0.2, 0.25) is 10.0 Å². The van der Waals surface area contributed by atoms with Crippen LogP contribution in [-0.4, -0.2) is 15.0 Å². The molecular formula is C9H10ClNO2S. The number of benzene rings is 1. The monoisotopic (exact) mass is 231 g/mol. The summed E-state index contributed by atoms with van der Waals surface area (Å²) in [7, 11) is -3.42. The second-order valence-corrected chi connectivity index (χ2v) is 4.80. The van der Waals surface area contributed by atoms with E-state index >= 15 is 0 Å². The first-order chi connectivity index (χ1) is 6.56. The molecule has 0 bridgehead atoms. The van der Waals surface area contributed by atoms with E-state index in [1.54, 1.807) is 0 Å². The Kier molecular flexibility index (Phi) is 3.69. The van der Waals surface area contributed by atoms with Crippen LogP contribution in [0.3, 0.4) is 0 Å². The van der Waals surface area contributed by atoms with E-state index in [-0.39, 0.29) is 11.4 Å². The van der Waals surface area contributed by atoms with E-state index in [0.717, 1.165) is 0 Å². The Morgan fingerprint density at radius 1 is 1.36 bits per heavy atom. The van der Waals surface area contributed by atoms with Crippen molar-refractivity contribution >= 4 is 21.6 Å². The van der Waals surface area contributed by atoms with Crippen molar-refractivity contribution in [2.45, 2.75) is 4.90 Å². The van der Waals surface area contributed by atoms with Crippen LogP contribution in [0.25, 0.3) is 0 Å². The first-order valence-electron chi connectivity index (χ1n) is 3.92. The van der Waals surface area contributed by atoms with Gasteiger partial charge in [0.15, 0.2) is 0 Å². The quantitative estimate of drug-likeness (QED) is 0.804. The summed E-state index contributed by atoms with van der Waals surface area (Å²) in [6, 6.07) is 5.97. The standard InChI is InChI=1S/C9H10ClNO2S/c1-2-7-11-14(12,13)9-5-3-8(10)4-6-9/h2-6,11H,1,7H2. The molecule has 0 saturated heterocycles. The van der Waals surface area contributed by atoms with Crippen molar-refractivity contribution in [2.24, 2.45) is 0 Å². The van der Waals surface area contributed by atoms with Gasteiger partial charge in [-0.05, 0) is 24.3 Å². The zero-order valence-corrected chi connectivity index (χ0v) is 8.98. The molecule has 14 heavy (non-hydrogen) atoms. The molecule has 0 unspecified atom stereocenters. The lowest BCUT2D eigenvalue weighted by molar-refractivity contribution is 0.585. The minimum absolute atomic E-state index is 0.198. The molecule has 1 N–H and O–H groups in total. The predicted octanol–water partition coefficient (Wildman–Crippen LogP) is 1.80. The zero-order chi connectivity index (χ0) is 10.6. The Bertz CT molecular complexity index is 411. The van der Waals surface area contributed by atoms with Crippen molar-refractivity contribution < 1.29 is 8.42 Å². The lowest BCUT2D eigenvalue weighted by atomic mass is 10.4. The number of nitrogens with one attached hydrogen (secondary N) is 1. The van der Waals surface area contributed by atoms with Gasteiger partial charge in [0.1, 0.15) is 0 Å². The molecule has 0 atom stereocenters. The third kappa shape index (κ3) is 2.83. The molecular weight excluding hydrogens is 222 g/mol. The van der Waals surface area contributed by atoms with Gasteiger partial charge in [-0.3, -0.25) is 0 Å². The number of rotatable bonds is 4. The summed E-state index contributed by atoms with van der Waals surface area (Å²) in [5, 5.41) is 0.507. The molecule has 0 aliphatic rings. The van der Waals surface area contributed by atoms with Gasteiger partial charge in [0, 0.05) is 11.6 Å². The molecule has 0 amide bonds. The van der Waals surface area contributed by atoms with Gasteiger partial charge >= 0.3 is 0 Å². The van der Waals surface area contributed by atoms with Crippen molar-refractivity contribution in [3.8, 4) is 0 Å². The highest BCUT2D eigenvalue weighted by Gasteiger charge is 2.11. The Hall–Kier alpha value is -0.840. The number of hydrogen-bond donors (Lipinski definition) is 1. The highest BCUT2D eigenvalue weighted by Crippen LogP contribution is 2.13. The second kappa shape index (κ2) is 4.59. The van der Waals surface area contributed by atoms with Crippen molar-refractivity contribution in [3.05, 3.63) is 41.9 Å². The molecule has 0 spiro atoms. The van der Waals surface area contributed by atoms with Gasteiger partial charge in [-0.2, -0.15) is 0 Å². The molecule has 1 rings (SSSR count). The summed E-state index contributed by atoms with van der Waals surface area (Å²) >= 11 is 5.63. The number of sulfonamides is 1. The average molecular weight is 232 g/mol. The minimum Gasteiger partial charge on any atom is -0.207 e. The third-order valence-corrected chi connectivity index (χ3v) is 3.23. The van der Waals surface area contributed by atoms with Gasteiger partial charge in [-0.1, -0.05) is 17.7 Å². The van der Waals surface area contributed by atoms with E-state index in [2.05, 4.69) is 11.3 Å². The van der Waals surface area contributed by atoms with Crippen molar-refractivity contribution in [2.75, 3.05) is 6.54 Å². The molecule has 0 radical (unpaired) electrons. The van der Waals surface area contributed by atoms with Crippen LogP contribution < -0.4 is 4.72 Å². The van der Waals surface area contributed by atoms with Gasteiger partial charge in [0.25, 0.3) is 0 Å². The molecule has 76 valence electrons. The summed E-state index contributed by atoms with van der Waals surface area (Å²) in [6.07, 6.45) is 1.48. The van der Waals surface area contributed by atoms with Crippen LogP contribution >= 0.6 is 11.6 Å². The largest absolute Gasteiger partial charge is 0.240 e. The predicted molar refractivity (Wildman–Crippen MR) is 56.8 cm³/mol. The summed E-state index contributed by atoms with van der Waals surface area (Å²) in [5.74, 6) is 0. The maximum Gasteiger partial charge on any atom is 0.240 e. The first-order valence-corrected chi connectivity index (χ1v) is 5.78. The highest BCUT2D eigenvalue weighted by molar-refractivity contribution is 7.89. The summed E-state index contributed by atoms with van der Waals surface area (Å²) < 4.78 is 25.4. The normalized spacial score (nSPS) is 11.2. The molecule has 5 heteroatoms. The van der Waals surface area contributed by atoms with E-state index < -0.39 is 10.0 Å². The molecule has 0 saturated carbocycles.